The standard InChI is InChI=1S/C24H21N7O/c1-30-8-10-31(11-9-30)18-6-4-15(5-7-18)21-22-20(28-29-21)14-25-23(27-22)16-2-3-17-13-26-24(32)19(17)12-16/h2-7,12-14H,8-11H2,1H3,(H,28,29). The van der Waals surface area contributed by atoms with Gasteiger partial charge in [-0.3, -0.25) is 9.89 Å². The number of anilines is 1. The number of aromatic nitrogens is 4. The summed E-state index contributed by atoms with van der Waals surface area (Å²) >= 11 is 0. The van der Waals surface area contributed by atoms with Gasteiger partial charge in [0.25, 0.3) is 5.91 Å². The lowest BCUT2D eigenvalue weighted by atomic mass is 10.1. The van der Waals surface area contributed by atoms with Crippen molar-refractivity contribution in [3.05, 3.63) is 59.8 Å². The average Bonchev–Trinajstić information content (AvgIpc) is 3.42. The molecule has 158 valence electrons. The van der Waals surface area contributed by atoms with Crippen LogP contribution in [0.4, 0.5) is 5.69 Å². The van der Waals surface area contributed by atoms with Crippen LogP contribution in [0, 0.1) is 0 Å². The van der Waals surface area contributed by atoms with Crippen LogP contribution in [0.2, 0.25) is 0 Å². The maximum atomic E-state index is 12.0. The summed E-state index contributed by atoms with van der Waals surface area (Å²) in [5.41, 5.74) is 6.72. The Bertz CT molecular complexity index is 1370. The molecule has 0 spiro atoms. The molecular weight excluding hydrogens is 402 g/mol. The summed E-state index contributed by atoms with van der Waals surface area (Å²) in [7, 11) is 2.16. The Morgan fingerprint density at radius 3 is 2.56 bits per heavy atom. The fourth-order valence-electron chi connectivity index (χ4n) is 4.24. The number of likely N-dealkylation sites (N-methyl/N-ethyl adjacent to an activating group) is 1. The second-order valence-electron chi connectivity index (χ2n) is 8.23. The van der Waals surface area contributed by atoms with E-state index in [1.165, 1.54) is 5.69 Å². The number of carbonyl (C=O) groups is 1. The molecule has 0 unspecified atom stereocenters. The highest BCUT2D eigenvalue weighted by atomic mass is 16.1. The van der Waals surface area contributed by atoms with Crippen LogP contribution in [0.15, 0.2) is 53.7 Å². The number of rotatable bonds is 3. The van der Waals surface area contributed by atoms with Gasteiger partial charge in [0.05, 0.1) is 11.8 Å². The van der Waals surface area contributed by atoms with Gasteiger partial charge in [0, 0.05) is 54.8 Å². The monoisotopic (exact) mass is 423 g/mol. The van der Waals surface area contributed by atoms with Gasteiger partial charge in [-0.15, -0.1) is 0 Å². The number of benzene rings is 2. The van der Waals surface area contributed by atoms with Crippen LogP contribution in [-0.4, -0.2) is 70.4 Å². The average molecular weight is 423 g/mol. The Morgan fingerprint density at radius 2 is 1.75 bits per heavy atom. The Labute approximate surface area is 184 Å². The number of hydrogen-bond acceptors (Lipinski definition) is 6. The summed E-state index contributed by atoms with van der Waals surface area (Å²) in [6.45, 7) is 4.22. The molecule has 4 aromatic rings. The fraction of sp³-hybridized carbons (Fsp3) is 0.208. The topological polar surface area (TPSA) is 90.4 Å². The van der Waals surface area contributed by atoms with Crippen molar-refractivity contribution in [2.24, 2.45) is 4.99 Å². The summed E-state index contributed by atoms with van der Waals surface area (Å²) in [6, 6.07) is 14.1. The predicted octanol–water partition coefficient (Wildman–Crippen LogP) is 3.01. The van der Waals surface area contributed by atoms with Crippen molar-refractivity contribution in [2.45, 2.75) is 0 Å². The molecule has 2 aromatic carbocycles. The number of hydrogen-bond donors (Lipinski definition) is 1. The lowest BCUT2D eigenvalue weighted by Crippen LogP contribution is -2.44. The zero-order valence-corrected chi connectivity index (χ0v) is 17.6. The van der Waals surface area contributed by atoms with Crippen molar-refractivity contribution in [1.29, 1.82) is 0 Å². The van der Waals surface area contributed by atoms with E-state index in [2.05, 4.69) is 61.3 Å². The van der Waals surface area contributed by atoms with Gasteiger partial charge in [-0.2, -0.15) is 5.10 Å². The van der Waals surface area contributed by atoms with Crippen molar-refractivity contribution in [1.82, 2.24) is 25.1 Å². The quantitative estimate of drug-likeness (QED) is 0.545. The van der Waals surface area contributed by atoms with Gasteiger partial charge >= 0.3 is 0 Å². The Kier molecular flexibility index (Phi) is 4.32. The lowest BCUT2D eigenvalue weighted by Gasteiger charge is -2.34. The normalized spacial score (nSPS) is 16.2. The molecule has 1 fully saturated rings. The number of aliphatic imine (C=N–C) groups is 1. The van der Waals surface area contributed by atoms with Crippen molar-refractivity contribution in [3.8, 4) is 22.6 Å². The summed E-state index contributed by atoms with van der Waals surface area (Å²) in [4.78, 5) is 29.8. The van der Waals surface area contributed by atoms with E-state index in [-0.39, 0.29) is 5.91 Å². The minimum absolute atomic E-state index is 0.229. The molecular formula is C24H21N7O. The van der Waals surface area contributed by atoms with E-state index in [0.717, 1.165) is 59.6 Å². The number of fused-ring (bicyclic) bond motifs is 2. The molecule has 2 aliphatic heterocycles. The molecule has 8 heteroatoms. The minimum atomic E-state index is -0.229. The third kappa shape index (κ3) is 3.16. The first-order valence-corrected chi connectivity index (χ1v) is 10.6. The highest BCUT2D eigenvalue weighted by Crippen LogP contribution is 2.29. The first-order valence-electron chi connectivity index (χ1n) is 10.6. The van der Waals surface area contributed by atoms with E-state index < -0.39 is 0 Å². The largest absolute Gasteiger partial charge is 0.369 e. The third-order valence-corrected chi connectivity index (χ3v) is 6.17. The molecule has 2 aromatic heterocycles. The Morgan fingerprint density at radius 1 is 0.969 bits per heavy atom. The number of piperazine rings is 1. The van der Waals surface area contributed by atoms with E-state index in [4.69, 9.17) is 4.98 Å². The van der Waals surface area contributed by atoms with E-state index in [9.17, 15) is 4.79 Å². The molecule has 8 nitrogen and oxygen atoms in total. The van der Waals surface area contributed by atoms with Gasteiger partial charge in [-0.05, 0) is 25.2 Å². The predicted molar refractivity (Wildman–Crippen MR) is 124 cm³/mol. The highest BCUT2D eigenvalue weighted by Gasteiger charge is 2.19. The number of aromatic amines is 1. The van der Waals surface area contributed by atoms with Gasteiger partial charge in [-0.1, -0.05) is 24.3 Å². The molecule has 0 radical (unpaired) electrons. The second-order valence-corrected chi connectivity index (χ2v) is 8.23. The van der Waals surface area contributed by atoms with E-state index in [1.807, 2.05) is 12.1 Å². The Balaban J connectivity index is 1.33. The fourth-order valence-corrected chi connectivity index (χ4v) is 4.24. The van der Waals surface area contributed by atoms with Crippen molar-refractivity contribution >= 4 is 28.8 Å². The first kappa shape index (κ1) is 18.8. The molecule has 32 heavy (non-hydrogen) atoms. The van der Waals surface area contributed by atoms with Gasteiger partial charge in [-0.25, -0.2) is 15.0 Å². The van der Waals surface area contributed by atoms with Gasteiger partial charge in [0.15, 0.2) is 5.82 Å². The molecule has 6 rings (SSSR count). The van der Waals surface area contributed by atoms with Crippen LogP contribution in [0.5, 0.6) is 0 Å². The zero-order valence-electron chi connectivity index (χ0n) is 17.6. The summed E-state index contributed by atoms with van der Waals surface area (Å²) in [6.07, 6.45) is 3.32. The van der Waals surface area contributed by atoms with Crippen LogP contribution in [0.3, 0.4) is 0 Å². The number of H-pyrrole nitrogens is 1. The zero-order chi connectivity index (χ0) is 21.7. The smallest absolute Gasteiger partial charge is 0.277 e. The molecule has 0 saturated carbocycles. The molecule has 0 atom stereocenters. The maximum absolute atomic E-state index is 12.0. The second kappa shape index (κ2) is 7.35. The maximum Gasteiger partial charge on any atom is 0.277 e. The van der Waals surface area contributed by atoms with Crippen molar-refractivity contribution < 1.29 is 4.79 Å². The molecule has 2 aliphatic rings. The van der Waals surface area contributed by atoms with Crippen molar-refractivity contribution in [2.75, 3.05) is 38.1 Å². The lowest BCUT2D eigenvalue weighted by molar-refractivity contribution is 0.101. The van der Waals surface area contributed by atoms with Gasteiger partial charge in [0.2, 0.25) is 0 Å². The molecule has 0 aliphatic carbocycles. The van der Waals surface area contributed by atoms with E-state index >= 15 is 0 Å². The Hall–Kier alpha value is -3.91. The molecule has 1 amide bonds. The van der Waals surface area contributed by atoms with Crippen molar-refractivity contribution in [3.63, 3.8) is 0 Å². The number of carbonyl (C=O) groups excluding carboxylic acids is 1. The SMILES string of the molecule is CN1CCN(c2ccc(-c3n[nH]c4cnc(-c5ccc6c(c5)C(=O)N=C6)nc34)cc2)CC1. The molecule has 1 saturated heterocycles. The van der Waals surface area contributed by atoms with E-state index in [1.54, 1.807) is 18.5 Å². The highest BCUT2D eigenvalue weighted by molar-refractivity contribution is 6.13. The summed E-state index contributed by atoms with van der Waals surface area (Å²) in [5.74, 6) is 0.323. The third-order valence-electron chi connectivity index (χ3n) is 6.17. The molecule has 4 heterocycles. The molecule has 1 N–H and O–H groups in total. The van der Waals surface area contributed by atoms with Crippen LogP contribution in [-0.2, 0) is 0 Å². The summed E-state index contributed by atoms with van der Waals surface area (Å²) in [5, 5.41) is 7.53. The van der Waals surface area contributed by atoms with Gasteiger partial charge < -0.3 is 9.80 Å². The number of nitrogens with zero attached hydrogens (tertiary/aromatic N) is 6. The number of amides is 1. The summed E-state index contributed by atoms with van der Waals surface area (Å²) < 4.78 is 0. The first-order chi connectivity index (χ1) is 15.7. The number of nitrogens with one attached hydrogen (secondary N) is 1. The van der Waals surface area contributed by atoms with Crippen LogP contribution in [0.1, 0.15) is 15.9 Å². The van der Waals surface area contributed by atoms with Crippen LogP contribution in [0.25, 0.3) is 33.7 Å². The minimum Gasteiger partial charge on any atom is -0.369 e. The van der Waals surface area contributed by atoms with Gasteiger partial charge in [0.1, 0.15) is 16.7 Å². The van der Waals surface area contributed by atoms with Crippen LogP contribution < -0.4 is 4.90 Å². The van der Waals surface area contributed by atoms with E-state index in [0.29, 0.717) is 11.4 Å². The molecule has 0 bridgehead atoms. The van der Waals surface area contributed by atoms with Crippen LogP contribution >= 0.6 is 0 Å².